The van der Waals surface area contributed by atoms with Gasteiger partial charge in [-0.1, -0.05) is 0 Å². The number of nitrogens with zero attached hydrogens (tertiary/aromatic N) is 4. The summed E-state index contributed by atoms with van der Waals surface area (Å²) in [7, 11) is 3.39. The molecule has 0 radical (unpaired) electrons. The Morgan fingerprint density at radius 3 is 2.76 bits per heavy atom. The van der Waals surface area contributed by atoms with Crippen molar-refractivity contribution in [3.05, 3.63) is 5.82 Å². The second-order valence-electron chi connectivity index (χ2n) is 3.69. The lowest BCUT2D eigenvalue weighted by Crippen LogP contribution is -2.21. The van der Waals surface area contributed by atoms with E-state index in [1.165, 1.54) is 0 Å². The van der Waals surface area contributed by atoms with Crippen LogP contribution in [0.4, 0.5) is 0 Å². The van der Waals surface area contributed by atoms with Gasteiger partial charge in [0.15, 0.2) is 5.82 Å². The summed E-state index contributed by atoms with van der Waals surface area (Å²) in [5, 5.41) is 14.8. The van der Waals surface area contributed by atoms with E-state index in [9.17, 15) is 0 Å². The van der Waals surface area contributed by atoms with Crippen LogP contribution in [0.3, 0.4) is 0 Å². The molecule has 0 bridgehead atoms. The Morgan fingerprint density at radius 1 is 1.18 bits per heavy atom. The lowest BCUT2D eigenvalue weighted by molar-refractivity contribution is 0.190. The monoisotopic (exact) mass is 243 g/mol. The predicted molar refractivity (Wildman–Crippen MR) is 62.5 cm³/mol. The first-order chi connectivity index (χ1) is 8.38. The summed E-state index contributed by atoms with van der Waals surface area (Å²) < 4.78 is 11.8. The SMILES string of the molecule is COCCCCn1nnnc1CNCCOC. The van der Waals surface area contributed by atoms with Crippen molar-refractivity contribution in [3.63, 3.8) is 0 Å². The molecule has 0 spiro atoms. The first-order valence-corrected chi connectivity index (χ1v) is 5.82. The quantitative estimate of drug-likeness (QED) is 0.575. The average molecular weight is 243 g/mol. The maximum atomic E-state index is 5.00. The molecule has 0 saturated carbocycles. The summed E-state index contributed by atoms with van der Waals surface area (Å²) in [4.78, 5) is 0. The van der Waals surface area contributed by atoms with Crippen molar-refractivity contribution < 1.29 is 9.47 Å². The number of aryl methyl sites for hydroxylation is 1. The molecular formula is C10H21N5O2. The molecule has 0 aromatic carbocycles. The molecule has 17 heavy (non-hydrogen) atoms. The molecule has 1 aromatic heterocycles. The molecule has 0 aliphatic heterocycles. The Balaban J connectivity index is 2.22. The fourth-order valence-electron chi connectivity index (χ4n) is 1.41. The van der Waals surface area contributed by atoms with Crippen molar-refractivity contribution in [2.24, 2.45) is 0 Å². The van der Waals surface area contributed by atoms with Gasteiger partial charge in [0.05, 0.1) is 13.2 Å². The summed E-state index contributed by atoms with van der Waals surface area (Å²) in [6.45, 7) is 3.77. The summed E-state index contributed by atoms with van der Waals surface area (Å²) in [6, 6.07) is 0. The van der Waals surface area contributed by atoms with Crippen LogP contribution in [0.15, 0.2) is 0 Å². The molecule has 0 fully saturated rings. The minimum absolute atomic E-state index is 0.667. The van der Waals surface area contributed by atoms with Crippen molar-refractivity contribution in [3.8, 4) is 0 Å². The van der Waals surface area contributed by atoms with Gasteiger partial charge in [-0.3, -0.25) is 0 Å². The van der Waals surface area contributed by atoms with E-state index in [0.717, 1.165) is 38.4 Å². The van der Waals surface area contributed by atoms with Gasteiger partial charge in [-0.05, 0) is 23.3 Å². The van der Waals surface area contributed by atoms with Gasteiger partial charge in [-0.15, -0.1) is 5.10 Å². The maximum Gasteiger partial charge on any atom is 0.165 e. The summed E-state index contributed by atoms with van der Waals surface area (Å²) in [6.07, 6.45) is 2.04. The molecular weight excluding hydrogens is 222 g/mol. The molecule has 1 N–H and O–H groups in total. The van der Waals surface area contributed by atoms with Crippen molar-refractivity contribution >= 4 is 0 Å². The van der Waals surface area contributed by atoms with Crippen LogP contribution >= 0.6 is 0 Å². The Bertz CT molecular complexity index is 265. The lowest BCUT2D eigenvalue weighted by atomic mass is 10.3. The third kappa shape index (κ3) is 5.71. The number of methoxy groups -OCH3 is 2. The minimum atomic E-state index is 0.667. The van der Waals surface area contributed by atoms with E-state index in [0.29, 0.717) is 13.2 Å². The molecule has 0 aliphatic carbocycles. The second kappa shape index (κ2) is 9.03. The van der Waals surface area contributed by atoms with Crippen molar-refractivity contribution in [1.29, 1.82) is 0 Å². The molecule has 1 aromatic rings. The van der Waals surface area contributed by atoms with Gasteiger partial charge in [0.1, 0.15) is 0 Å². The van der Waals surface area contributed by atoms with Crippen LogP contribution in [0.1, 0.15) is 18.7 Å². The molecule has 0 unspecified atom stereocenters. The highest BCUT2D eigenvalue weighted by Crippen LogP contribution is 1.97. The number of nitrogens with one attached hydrogen (secondary N) is 1. The number of rotatable bonds is 10. The number of unbranched alkanes of at least 4 members (excludes halogenated alkanes) is 1. The van der Waals surface area contributed by atoms with Crippen LogP contribution in [0, 0.1) is 0 Å². The Kier molecular flexibility index (Phi) is 7.44. The molecule has 0 aliphatic rings. The number of hydrogen-bond donors (Lipinski definition) is 1. The molecule has 0 saturated heterocycles. The second-order valence-corrected chi connectivity index (χ2v) is 3.69. The molecule has 7 heteroatoms. The third-order valence-corrected chi connectivity index (χ3v) is 2.34. The Morgan fingerprint density at radius 2 is 2.00 bits per heavy atom. The van der Waals surface area contributed by atoms with Gasteiger partial charge >= 0.3 is 0 Å². The summed E-state index contributed by atoms with van der Waals surface area (Å²) >= 11 is 0. The van der Waals surface area contributed by atoms with Crippen LogP contribution in [0.25, 0.3) is 0 Å². The number of tetrazole rings is 1. The van der Waals surface area contributed by atoms with E-state index in [4.69, 9.17) is 9.47 Å². The zero-order valence-corrected chi connectivity index (χ0v) is 10.6. The summed E-state index contributed by atoms with van der Waals surface area (Å²) in [5.74, 6) is 0.860. The van der Waals surface area contributed by atoms with E-state index in [2.05, 4.69) is 20.8 Å². The van der Waals surface area contributed by atoms with Crippen molar-refractivity contribution in [2.75, 3.05) is 34.0 Å². The molecule has 0 amide bonds. The highest BCUT2D eigenvalue weighted by molar-refractivity contribution is 4.79. The first kappa shape index (κ1) is 14.0. The van der Waals surface area contributed by atoms with Gasteiger partial charge in [0.2, 0.25) is 0 Å². The molecule has 1 rings (SSSR count). The lowest BCUT2D eigenvalue weighted by Gasteiger charge is -2.05. The van der Waals surface area contributed by atoms with Crippen LogP contribution < -0.4 is 5.32 Å². The molecule has 0 atom stereocenters. The van der Waals surface area contributed by atoms with Gasteiger partial charge in [0.25, 0.3) is 0 Å². The normalized spacial score (nSPS) is 10.9. The molecule has 1 heterocycles. The largest absolute Gasteiger partial charge is 0.385 e. The topological polar surface area (TPSA) is 74.1 Å². The Hall–Kier alpha value is -1.05. The van der Waals surface area contributed by atoms with Crippen LogP contribution in [0.5, 0.6) is 0 Å². The average Bonchev–Trinajstić information content (AvgIpc) is 2.78. The summed E-state index contributed by atoms with van der Waals surface area (Å²) in [5.41, 5.74) is 0. The van der Waals surface area contributed by atoms with Gasteiger partial charge < -0.3 is 14.8 Å². The van der Waals surface area contributed by atoms with E-state index >= 15 is 0 Å². The fraction of sp³-hybridized carbons (Fsp3) is 0.900. The molecule has 98 valence electrons. The van der Waals surface area contributed by atoms with Crippen LogP contribution in [0.2, 0.25) is 0 Å². The van der Waals surface area contributed by atoms with Crippen molar-refractivity contribution in [2.45, 2.75) is 25.9 Å². The van der Waals surface area contributed by atoms with Gasteiger partial charge in [-0.2, -0.15) is 0 Å². The van der Waals surface area contributed by atoms with E-state index in [1.54, 1.807) is 14.2 Å². The minimum Gasteiger partial charge on any atom is -0.385 e. The van der Waals surface area contributed by atoms with Gasteiger partial charge in [0, 0.05) is 33.9 Å². The zero-order valence-electron chi connectivity index (χ0n) is 10.6. The number of aromatic nitrogens is 4. The van der Waals surface area contributed by atoms with E-state index in [1.807, 2.05) is 4.68 Å². The van der Waals surface area contributed by atoms with Crippen LogP contribution in [-0.4, -0.2) is 54.2 Å². The smallest absolute Gasteiger partial charge is 0.165 e. The number of hydrogen-bond acceptors (Lipinski definition) is 6. The fourth-order valence-corrected chi connectivity index (χ4v) is 1.41. The highest BCUT2D eigenvalue weighted by atomic mass is 16.5. The highest BCUT2D eigenvalue weighted by Gasteiger charge is 2.04. The third-order valence-electron chi connectivity index (χ3n) is 2.34. The van der Waals surface area contributed by atoms with Crippen molar-refractivity contribution in [1.82, 2.24) is 25.5 Å². The zero-order chi connectivity index (χ0) is 12.3. The van der Waals surface area contributed by atoms with E-state index < -0.39 is 0 Å². The maximum absolute atomic E-state index is 5.00. The standard InChI is InChI=1S/C10H21N5O2/c1-16-7-4-3-6-15-10(12-13-14-15)9-11-5-8-17-2/h11H,3-9H2,1-2H3. The van der Waals surface area contributed by atoms with E-state index in [-0.39, 0.29) is 0 Å². The first-order valence-electron chi connectivity index (χ1n) is 5.82. The van der Waals surface area contributed by atoms with Gasteiger partial charge in [-0.25, -0.2) is 4.68 Å². The molecule has 7 nitrogen and oxygen atoms in total. The number of ether oxygens (including phenoxy) is 2. The predicted octanol–water partition coefficient (Wildman–Crippen LogP) is -0.164. The Labute approximate surface area is 101 Å². The van der Waals surface area contributed by atoms with Crippen LogP contribution in [-0.2, 0) is 22.6 Å².